The first-order valence-electron chi connectivity index (χ1n) is 8.03. The lowest BCUT2D eigenvalue weighted by molar-refractivity contribution is -0.384. The maximum atomic E-state index is 12.7. The zero-order valence-electron chi connectivity index (χ0n) is 14.1. The molecule has 0 aliphatic carbocycles. The summed E-state index contributed by atoms with van der Waals surface area (Å²) >= 11 is 12.3. The molecule has 0 bridgehead atoms. The monoisotopic (exact) mass is 430 g/mol. The predicted molar refractivity (Wildman–Crippen MR) is 104 cm³/mol. The Labute approximate surface area is 166 Å². The van der Waals surface area contributed by atoms with Gasteiger partial charge >= 0.3 is 0 Å². The standard InChI is InChI=1S/C16H16Cl2N4O4S/c17-14-9-19-10-15(18)16(14)20-4-6-21(7-5-20)27(25,26)11-12-2-1-3-13(8-12)22(23)24/h1-3,8-10H,4-7,11H2. The second-order valence-corrected chi connectivity index (χ2v) is 8.80. The summed E-state index contributed by atoms with van der Waals surface area (Å²) in [7, 11) is -3.60. The van der Waals surface area contributed by atoms with Crippen molar-refractivity contribution in [3.8, 4) is 0 Å². The Kier molecular flexibility index (Phi) is 5.85. The van der Waals surface area contributed by atoms with Crippen LogP contribution in [0.25, 0.3) is 0 Å². The Hall–Kier alpha value is -1.94. The molecule has 0 radical (unpaired) electrons. The molecule has 1 aliphatic heterocycles. The molecule has 8 nitrogen and oxygen atoms in total. The molecule has 1 saturated heterocycles. The van der Waals surface area contributed by atoms with Crippen molar-refractivity contribution in [2.75, 3.05) is 31.1 Å². The number of hydrogen-bond acceptors (Lipinski definition) is 6. The highest BCUT2D eigenvalue weighted by atomic mass is 35.5. The quantitative estimate of drug-likeness (QED) is 0.534. The fourth-order valence-corrected chi connectivity index (χ4v) is 5.06. The highest BCUT2D eigenvalue weighted by Gasteiger charge is 2.29. The van der Waals surface area contributed by atoms with Gasteiger partial charge in [0.25, 0.3) is 5.69 Å². The molecule has 0 saturated carbocycles. The Morgan fingerprint density at radius 1 is 1.11 bits per heavy atom. The number of piperazine rings is 1. The van der Waals surface area contributed by atoms with Crippen LogP contribution in [0.4, 0.5) is 11.4 Å². The van der Waals surface area contributed by atoms with Gasteiger partial charge in [-0.2, -0.15) is 4.31 Å². The van der Waals surface area contributed by atoms with E-state index in [0.717, 1.165) is 0 Å². The van der Waals surface area contributed by atoms with E-state index in [9.17, 15) is 18.5 Å². The van der Waals surface area contributed by atoms with Gasteiger partial charge in [-0.1, -0.05) is 35.3 Å². The summed E-state index contributed by atoms with van der Waals surface area (Å²) in [5, 5.41) is 11.7. The first kappa shape index (κ1) is 19.8. The Morgan fingerprint density at radius 2 is 1.74 bits per heavy atom. The number of benzene rings is 1. The van der Waals surface area contributed by atoms with E-state index in [4.69, 9.17) is 23.2 Å². The second kappa shape index (κ2) is 7.97. The average Bonchev–Trinajstić information content (AvgIpc) is 2.62. The number of sulfonamides is 1. The molecule has 2 aromatic rings. The topological polar surface area (TPSA) is 96.6 Å². The van der Waals surface area contributed by atoms with E-state index in [0.29, 0.717) is 34.4 Å². The average molecular weight is 431 g/mol. The molecule has 1 aliphatic rings. The maximum absolute atomic E-state index is 12.7. The number of nitro groups is 1. The van der Waals surface area contributed by atoms with Crippen molar-refractivity contribution in [3.05, 3.63) is 62.4 Å². The minimum absolute atomic E-state index is 0.130. The molecule has 3 rings (SSSR count). The van der Waals surface area contributed by atoms with Crippen LogP contribution in [0.2, 0.25) is 10.0 Å². The SMILES string of the molecule is O=[N+]([O-])c1cccc(CS(=O)(=O)N2CCN(c3c(Cl)cncc3Cl)CC2)c1. The van der Waals surface area contributed by atoms with Crippen LogP contribution >= 0.6 is 23.2 Å². The number of hydrogen-bond donors (Lipinski definition) is 0. The smallest absolute Gasteiger partial charge is 0.269 e. The van der Waals surface area contributed by atoms with Crippen molar-refractivity contribution in [1.29, 1.82) is 0 Å². The van der Waals surface area contributed by atoms with Crippen molar-refractivity contribution in [2.24, 2.45) is 0 Å². The summed E-state index contributed by atoms with van der Waals surface area (Å²) in [4.78, 5) is 16.2. The molecule has 0 spiro atoms. The van der Waals surface area contributed by atoms with Gasteiger partial charge in [-0.05, 0) is 5.56 Å². The van der Waals surface area contributed by atoms with E-state index in [2.05, 4.69) is 4.98 Å². The Bertz CT molecular complexity index is 942. The minimum Gasteiger partial charge on any atom is -0.366 e. The van der Waals surface area contributed by atoms with Gasteiger partial charge in [0.1, 0.15) is 0 Å². The molecule has 2 heterocycles. The molecule has 0 amide bonds. The van der Waals surface area contributed by atoms with Crippen LogP contribution in [0.3, 0.4) is 0 Å². The van der Waals surface area contributed by atoms with Crippen molar-refractivity contribution in [1.82, 2.24) is 9.29 Å². The zero-order chi connectivity index (χ0) is 19.6. The predicted octanol–water partition coefficient (Wildman–Crippen LogP) is 2.95. The summed E-state index contributed by atoms with van der Waals surface area (Å²) in [6.07, 6.45) is 2.99. The van der Waals surface area contributed by atoms with E-state index in [1.807, 2.05) is 4.90 Å². The number of nitrogens with zero attached hydrogens (tertiary/aromatic N) is 4. The first-order chi connectivity index (χ1) is 12.8. The van der Waals surface area contributed by atoms with Crippen molar-refractivity contribution >= 4 is 44.6 Å². The molecule has 1 fully saturated rings. The first-order valence-corrected chi connectivity index (χ1v) is 10.4. The third kappa shape index (κ3) is 4.49. The van der Waals surface area contributed by atoms with Gasteiger partial charge in [0, 0.05) is 50.7 Å². The fourth-order valence-electron chi connectivity index (χ4n) is 2.96. The van der Waals surface area contributed by atoms with E-state index < -0.39 is 14.9 Å². The van der Waals surface area contributed by atoms with Gasteiger partial charge < -0.3 is 4.90 Å². The van der Waals surface area contributed by atoms with E-state index >= 15 is 0 Å². The number of anilines is 1. The highest BCUT2D eigenvalue weighted by molar-refractivity contribution is 7.88. The van der Waals surface area contributed by atoms with Crippen LogP contribution in [0.5, 0.6) is 0 Å². The van der Waals surface area contributed by atoms with Crippen LogP contribution in [0, 0.1) is 10.1 Å². The summed E-state index contributed by atoms with van der Waals surface area (Å²) in [6, 6.07) is 5.66. The number of halogens is 2. The van der Waals surface area contributed by atoms with E-state index in [1.165, 1.54) is 34.9 Å². The largest absolute Gasteiger partial charge is 0.366 e. The maximum Gasteiger partial charge on any atom is 0.269 e. The van der Waals surface area contributed by atoms with Gasteiger partial charge in [0.2, 0.25) is 10.0 Å². The third-order valence-corrected chi connectivity index (χ3v) is 6.65. The normalized spacial score (nSPS) is 15.7. The molecule has 11 heteroatoms. The van der Waals surface area contributed by atoms with Crippen LogP contribution in [0.15, 0.2) is 36.7 Å². The summed E-state index contributed by atoms with van der Waals surface area (Å²) < 4.78 is 26.8. The molecule has 1 aromatic heterocycles. The lowest BCUT2D eigenvalue weighted by Gasteiger charge is -2.36. The summed E-state index contributed by atoms with van der Waals surface area (Å²) in [5.74, 6) is -0.286. The van der Waals surface area contributed by atoms with Crippen LogP contribution in [-0.2, 0) is 15.8 Å². The van der Waals surface area contributed by atoms with Crippen molar-refractivity contribution < 1.29 is 13.3 Å². The van der Waals surface area contributed by atoms with Gasteiger partial charge in [-0.25, -0.2) is 8.42 Å². The fraction of sp³-hybridized carbons (Fsp3) is 0.312. The van der Waals surface area contributed by atoms with Gasteiger partial charge in [0.05, 0.1) is 26.4 Å². The summed E-state index contributed by atoms with van der Waals surface area (Å²) in [5.41, 5.74) is 0.894. The molecule has 0 N–H and O–H groups in total. The van der Waals surface area contributed by atoms with Crippen LogP contribution in [0.1, 0.15) is 5.56 Å². The molecule has 144 valence electrons. The summed E-state index contributed by atoms with van der Waals surface area (Å²) in [6.45, 7) is 1.40. The molecular weight excluding hydrogens is 415 g/mol. The number of rotatable bonds is 5. The van der Waals surface area contributed by atoms with Crippen LogP contribution in [-0.4, -0.2) is 48.8 Å². The Morgan fingerprint density at radius 3 is 2.33 bits per heavy atom. The van der Waals surface area contributed by atoms with Crippen molar-refractivity contribution in [2.45, 2.75) is 5.75 Å². The van der Waals surface area contributed by atoms with Crippen molar-refractivity contribution in [3.63, 3.8) is 0 Å². The van der Waals surface area contributed by atoms with Gasteiger partial charge in [-0.15, -0.1) is 0 Å². The molecule has 0 atom stereocenters. The minimum atomic E-state index is -3.60. The molecule has 0 unspecified atom stereocenters. The number of pyridine rings is 1. The van der Waals surface area contributed by atoms with E-state index in [1.54, 1.807) is 6.07 Å². The molecule has 27 heavy (non-hydrogen) atoms. The Balaban J connectivity index is 1.70. The van der Waals surface area contributed by atoms with Crippen LogP contribution < -0.4 is 4.90 Å². The lowest BCUT2D eigenvalue weighted by Crippen LogP contribution is -2.49. The number of nitro benzene ring substituents is 1. The lowest BCUT2D eigenvalue weighted by atomic mass is 10.2. The van der Waals surface area contributed by atoms with Gasteiger partial charge in [-0.3, -0.25) is 15.1 Å². The second-order valence-electron chi connectivity index (χ2n) is 6.02. The van der Waals surface area contributed by atoms with Gasteiger partial charge in [0.15, 0.2) is 0 Å². The zero-order valence-corrected chi connectivity index (χ0v) is 16.4. The van der Waals surface area contributed by atoms with E-state index in [-0.39, 0.29) is 24.5 Å². The number of non-ortho nitro benzene ring substituents is 1. The molecular formula is C16H16Cl2N4O4S. The highest BCUT2D eigenvalue weighted by Crippen LogP contribution is 2.33. The third-order valence-electron chi connectivity index (χ3n) is 4.25. The number of aromatic nitrogens is 1. The molecule has 1 aromatic carbocycles.